The number of piperidine rings is 1. The Bertz CT molecular complexity index is 394. The SMILES string of the molecule is CC1CCCN(Cc2nc(N)ccc2Cl)C1C. The second-order valence-corrected chi connectivity index (χ2v) is 5.40. The smallest absolute Gasteiger partial charge is 0.123 e. The lowest BCUT2D eigenvalue weighted by Crippen LogP contribution is -2.41. The van der Waals surface area contributed by atoms with Crippen LogP contribution in [0.15, 0.2) is 12.1 Å². The molecular formula is C13H20ClN3. The molecule has 0 saturated carbocycles. The fourth-order valence-electron chi connectivity index (χ4n) is 2.45. The minimum Gasteiger partial charge on any atom is -0.384 e. The summed E-state index contributed by atoms with van der Waals surface area (Å²) in [5.74, 6) is 1.28. The molecule has 1 fully saturated rings. The summed E-state index contributed by atoms with van der Waals surface area (Å²) in [4.78, 5) is 6.78. The van der Waals surface area contributed by atoms with Crippen molar-refractivity contribution in [1.82, 2.24) is 9.88 Å². The Morgan fingerprint density at radius 2 is 2.24 bits per heavy atom. The maximum absolute atomic E-state index is 6.15. The van der Waals surface area contributed by atoms with Crippen molar-refractivity contribution in [3.8, 4) is 0 Å². The van der Waals surface area contributed by atoms with Gasteiger partial charge < -0.3 is 5.73 Å². The third-order valence-electron chi connectivity index (χ3n) is 3.80. The van der Waals surface area contributed by atoms with Gasteiger partial charge in [0.05, 0.1) is 10.7 Å². The van der Waals surface area contributed by atoms with E-state index in [9.17, 15) is 0 Å². The van der Waals surface area contributed by atoms with E-state index >= 15 is 0 Å². The molecule has 2 atom stereocenters. The van der Waals surface area contributed by atoms with E-state index in [1.54, 1.807) is 6.07 Å². The first-order chi connectivity index (χ1) is 8.08. The van der Waals surface area contributed by atoms with E-state index in [1.807, 2.05) is 6.07 Å². The number of hydrogen-bond acceptors (Lipinski definition) is 3. The maximum atomic E-state index is 6.15. The van der Waals surface area contributed by atoms with Crippen molar-refractivity contribution in [3.63, 3.8) is 0 Å². The summed E-state index contributed by atoms with van der Waals surface area (Å²) in [5.41, 5.74) is 6.60. The van der Waals surface area contributed by atoms with Crippen LogP contribution < -0.4 is 5.73 Å². The van der Waals surface area contributed by atoms with Gasteiger partial charge in [-0.3, -0.25) is 4.90 Å². The number of pyridine rings is 1. The van der Waals surface area contributed by atoms with Gasteiger partial charge in [0.15, 0.2) is 0 Å². The Morgan fingerprint density at radius 1 is 1.47 bits per heavy atom. The molecule has 0 radical (unpaired) electrons. The summed E-state index contributed by atoms with van der Waals surface area (Å²) in [6.45, 7) is 6.52. The molecule has 0 aromatic carbocycles. The molecule has 1 aromatic rings. The van der Waals surface area contributed by atoms with E-state index in [2.05, 4.69) is 23.7 Å². The standard InChI is InChI=1S/C13H20ClN3/c1-9-4-3-7-17(10(9)2)8-12-11(14)5-6-13(15)16-12/h5-6,9-10H,3-4,7-8H2,1-2H3,(H2,15,16). The highest BCUT2D eigenvalue weighted by molar-refractivity contribution is 6.31. The number of nitrogens with zero attached hydrogens (tertiary/aromatic N) is 2. The number of halogens is 1. The van der Waals surface area contributed by atoms with Crippen molar-refractivity contribution < 1.29 is 0 Å². The first-order valence-electron chi connectivity index (χ1n) is 6.23. The summed E-state index contributed by atoms with van der Waals surface area (Å²) in [7, 11) is 0. The Kier molecular flexibility index (Phi) is 3.89. The van der Waals surface area contributed by atoms with E-state index in [4.69, 9.17) is 17.3 Å². The highest BCUT2D eigenvalue weighted by Crippen LogP contribution is 2.26. The van der Waals surface area contributed by atoms with E-state index in [0.29, 0.717) is 16.9 Å². The van der Waals surface area contributed by atoms with Crippen LogP contribution >= 0.6 is 11.6 Å². The zero-order valence-corrected chi connectivity index (χ0v) is 11.2. The molecule has 2 unspecified atom stereocenters. The molecule has 2 N–H and O–H groups in total. The lowest BCUT2D eigenvalue weighted by molar-refractivity contribution is 0.105. The monoisotopic (exact) mass is 253 g/mol. The van der Waals surface area contributed by atoms with Gasteiger partial charge in [0, 0.05) is 12.6 Å². The third-order valence-corrected chi connectivity index (χ3v) is 4.14. The van der Waals surface area contributed by atoms with Crippen molar-refractivity contribution in [2.24, 2.45) is 5.92 Å². The molecule has 4 heteroatoms. The van der Waals surface area contributed by atoms with E-state index in [1.165, 1.54) is 12.8 Å². The normalized spacial score (nSPS) is 26.1. The Morgan fingerprint density at radius 3 is 3.00 bits per heavy atom. The van der Waals surface area contributed by atoms with Gasteiger partial charge in [0.2, 0.25) is 0 Å². The van der Waals surface area contributed by atoms with Gasteiger partial charge in [-0.15, -0.1) is 0 Å². The average molecular weight is 254 g/mol. The molecule has 0 spiro atoms. The molecule has 94 valence electrons. The topological polar surface area (TPSA) is 42.2 Å². The number of nitrogen functional groups attached to an aromatic ring is 1. The van der Waals surface area contributed by atoms with Crippen molar-refractivity contribution in [2.75, 3.05) is 12.3 Å². The van der Waals surface area contributed by atoms with Gasteiger partial charge in [0.25, 0.3) is 0 Å². The minimum absolute atomic E-state index is 0.544. The first kappa shape index (κ1) is 12.7. The molecule has 17 heavy (non-hydrogen) atoms. The molecule has 1 aromatic heterocycles. The highest BCUT2D eigenvalue weighted by Gasteiger charge is 2.25. The number of hydrogen-bond donors (Lipinski definition) is 1. The van der Waals surface area contributed by atoms with Crippen LogP contribution in [0.25, 0.3) is 0 Å². The highest BCUT2D eigenvalue weighted by atomic mass is 35.5. The van der Waals surface area contributed by atoms with Gasteiger partial charge in [-0.25, -0.2) is 4.98 Å². The van der Waals surface area contributed by atoms with E-state index in [-0.39, 0.29) is 0 Å². The van der Waals surface area contributed by atoms with Crippen molar-refractivity contribution >= 4 is 17.4 Å². The summed E-state index contributed by atoms with van der Waals surface area (Å²) in [6, 6.07) is 4.16. The molecule has 1 aliphatic rings. The first-order valence-corrected chi connectivity index (χ1v) is 6.60. The molecule has 2 heterocycles. The van der Waals surface area contributed by atoms with Gasteiger partial charge in [-0.05, 0) is 44.4 Å². The lowest BCUT2D eigenvalue weighted by atomic mass is 9.92. The third kappa shape index (κ3) is 2.90. The number of rotatable bonds is 2. The predicted octanol–water partition coefficient (Wildman–Crippen LogP) is 2.94. The summed E-state index contributed by atoms with van der Waals surface area (Å²) >= 11 is 6.15. The second kappa shape index (κ2) is 5.23. The van der Waals surface area contributed by atoms with Crippen LogP contribution in [0.4, 0.5) is 5.82 Å². The number of aromatic nitrogens is 1. The van der Waals surface area contributed by atoms with Crippen molar-refractivity contribution in [2.45, 2.75) is 39.3 Å². The van der Waals surface area contributed by atoms with E-state index in [0.717, 1.165) is 24.7 Å². The van der Waals surface area contributed by atoms with Crippen LogP contribution in [0.1, 0.15) is 32.4 Å². The zero-order valence-electron chi connectivity index (χ0n) is 10.5. The van der Waals surface area contributed by atoms with Crippen LogP contribution in [0.2, 0.25) is 5.02 Å². The van der Waals surface area contributed by atoms with Crippen molar-refractivity contribution in [1.29, 1.82) is 0 Å². The quantitative estimate of drug-likeness (QED) is 0.881. The molecule has 0 bridgehead atoms. The van der Waals surface area contributed by atoms with Gasteiger partial charge in [0.1, 0.15) is 5.82 Å². The number of likely N-dealkylation sites (tertiary alicyclic amines) is 1. The van der Waals surface area contributed by atoms with Crippen molar-refractivity contribution in [3.05, 3.63) is 22.8 Å². The fourth-order valence-corrected chi connectivity index (χ4v) is 2.61. The van der Waals surface area contributed by atoms with Crippen LogP contribution in [-0.2, 0) is 6.54 Å². The Labute approximate surface area is 108 Å². The average Bonchev–Trinajstić information content (AvgIpc) is 2.30. The summed E-state index contributed by atoms with van der Waals surface area (Å²) in [5, 5.41) is 0.713. The molecule has 3 nitrogen and oxygen atoms in total. The summed E-state index contributed by atoms with van der Waals surface area (Å²) in [6.07, 6.45) is 2.57. The predicted molar refractivity (Wildman–Crippen MR) is 71.9 cm³/mol. The summed E-state index contributed by atoms with van der Waals surface area (Å²) < 4.78 is 0. The molecule has 2 rings (SSSR count). The molecule has 1 aliphatic heterocycles. The Hall–Kier alpha value is -0.800. The maximum Gasteiger partial charge on any atom is 0.123 e. The van der Waals surface area contributed by atoms with Gasteiger partial charge in [-0.1, -0.05) is 18.5 Å². The molecule has 0 amide bonds. The van der Waals surface area contributed by atoms with Crippen LogP contribution in [-0.4, -0.2) is 22.5 Å². The van der Waals surface area contributed by atoms with Crippen LogP contribution in [0, 0.1) is 5.92 Å². The molecule has 1 saturated heterocycles. The van der Waals surface area contributed by atoms with Gasteiger partial charge >= 0.3 is 0 Å². The fraction of sp³-hybridized carbons (Fsp3) is 0.615. The zero-order chi connectivity index (χ0) is 12.4. The second-order valence-electron chi connectivity index (χ2n) is 5.00. The Balaban J connectivity index is 2.11. The van der Waals surface area contributed by atoms with Crippen LogP contribution in [0.5, 0.6) is 0 Å². The number of anilines is 1. The van der Waals surface area contributed by atoms with E-state index < -0.39 is 0 Å². The molecular weight excluding hydrogens is 234 g/mol. The molecule has 0 aliphatic carbocycles. The largest absolute Gasteiger partial charge is 0.384 e. The minimum atomic E-state index is 0.544. The van der Waals surface area contributed by atoms with Gasteiger partial charge in [-0.2, -0.15) is 0 Å². The van der Waals surface area contributed by atoms with Crippen LogP contribution in [0.3, 0.4) is 0 Å². The number of nitrogens with two attached hydrogens (primary N) is 1. The lowest BCUT2D eigenvalue weighted by Gasteiger charge is -2.37.